The molecule has 0 unspecified atom stereocenters. The summed E-state index contributed by atoms with van der Waals surface area (Å²) in [4.78, 5) is 31.7. The van der Waals surface area contributed by atoms with E-state index in [2.05, 4.69) is 25.5 Å². The number of carbonyl (C=O) groups excluding carboxylic acids is 1. The van der Waals surface area contributed by atoms with Crippen LogP contribution in [0.1, 0.15) is 22.5 Å². The van der Waals surface area contributed by atoms with Crippen LogP contribution in [0.5, 0.6) is 0 Å². The minimum atomic E-state index is -0.346. The normalized spacial score (nSPS) is 19.0. The Morgan fingerprint density at radius 3 is 2.68 bits per heavy atom. The predicted molar refractivity (Wildman–Crippen MR) is 143 cm³/mol. The number of anilines is 3. The third kappa shape index (κ3) is 4.56. The number of hydrogen-bond donors (Lipinski definition) is 3. The third-order valence-corrected chi connectivity index (χ3v) is 7.16. The van der Waals surface area contributed by atoms with Gasteiger partial charge in [0.05, 0.1) is 31.1 Å². The monoisotopic (exact) mass is 518 g/mol. The number of pyridine rings is 2. The Labute approximate surface area is 219 Å². The van der Waals surface area contributed by atoms with Crippen LogP contribution in [-0.2, 0) is 9.47 Å². The Morgan fingerprint density at radius 1 is 1.11 bits per heavy atom. The first-order valence-electron chi connectivity index (χ1n) is 12.7. The molecular formula is C26H30N8O4. The molecule has 3 saturated heterocycles. The summed E-state index contributed by atoms with van der Waals surface area (Å²) in [6, 6.07) is 7.49. The van der Waals surface area contributed by atoms with E-state index in [0.717, 1.165) is 32.7 Å². The molecule has 3 N–H and O–H groups in total. The molecule has 6 rings (SSSR count). The Bertz CT molecular complexity index is 1380. The number of ether oxygens (including phenoxy) is 2. The van der Waals surface area contributed by atoms with Gasteiger partial charge in [0.2, 0.25) is 5.65 Å². The van der Waals surface area contributed by atoms with Crippen LogP contribution in [0.15, 0.2) is 34.9 Å². The van der Waals surface area contributed by atoms with E-state index in [1.54, 1.807) is 37.5 Å². The quantitative estimate of drug-likeness (QED) is 0.398. The van der Waals surface area contributed by atoms with Crippen molar-refractivity contribution in [2.24, 2.45) is 5.41 Å². The van der Waals surface area contributed by atoms with Gasteiger partial charge in [-0.25, -0.2) is 9.97 Å². The van der Waals surface area contributed by atoms with Gasteiger partial charge in [-0.05, 0) is 18.6 Å². The average Bonchev–Trinajstić information content (AvgIpc) is 3.58. The number of allylic oxidation sites excluding steroid dienone is 1. The van der Waals surface area contributed by atoms with Gasteiger partial charge in [-0.1, -0.05) is 6.07 Å². The lowest BCUT2D eigenvalue weighted by Crippen LogP contribution is -2.57. The molecule has 38 heavy (non-hydrogen) atoms. The van der Waals surface area contributed by atoms with Gasteiger partial charge in [-0.3, -0.25) is 4.79 Å². The van der Waals surface area contributed by atoms with Gasteiger partial charge in [0, 0.05) is 69.3 Å². The molecule has 198 valence electrons. The number of amides is 1. The minimum absolute atomic E-state index is 0.117. The Kier molecular flexibility index (Phi) is 6.42. The molecule has 1 spiro atoms. The van der Waals surface area contributed by atoms with Gasteiger partial charge in [0.25, 0.3) is 11.9 Å². The average molecular weight is 519 g/mol. The highest BCUT2D eigenvalue weighted by atomic mass is 16.5. The fraction of sp³-hybridized carbons (Fsp3) is 0.423. The van der Waals surface area contributed by atoms with Crippen LogP contribution in [0.25, 0.3) is 16.8 Å². The number of hydrogen-bond acceptors (Lipinski definition) is 11. The van der Waals surface area contributed by atoms with E-state index < -0.39 is 0 Å². The maximum absolute atomic E-state index is 13.6. The fourth-order valence-corrected chi connectivity index (χ4v) is 5.15. The van der Waals surface area contributed by atoms with Crippen molar-refractivity contribution < 1.29 is 18.7 Å². The highest BCUT2D eigenvalue weighted by Crippen LogP contribution is 2.42. The summed E-state index contributed by atoms with van der Waals surface area (Å²) in [5.74, 6) is 0.597. The molecular weight excluding hydrogens is 488 g/mol. The second kappa shape index (κ2) is 10.0. The molecule has 0 atom stereocenters. The van der Waals surface area contributed by atoms with Crippen LogP contribution < -0.4 is 20.4 Å². The first kappa shape index (κ1) is 24.3. The highest BCUT2D eigenvalue weighted by Gasteiger charge is 2.47. The number of carbonyl (C=O) groups is 1. The van der Waals surface area contributed by atoms with Crippen LogP contribution in [0.2, 0.25) is 0 Å². The zero-order chi connectivity index (χ0) is 26.1. The molecule has 3 aromatic heterocycles. The van der Waals surface area contributed by atoms with Crippen molar-refractivity contribution in [2.45, 2.75) is 6.42 Å². The zero-order valence-electron chi connectivity index (χ0n) is 21.2. The van der Waals surface area contributed by atoms with E-state index in [-0.39, 0.29) is 11.3 Å². The first-order chi connectivity index (χ1) is 18.6. The standard InChI is InChI=1S/C26H30N8O4/c1-28-13-17(12-27)19-3-2-4-21(29-19)30-24(35)18-11-20-22(32-25(38-20)33-6-9-36-10-7-33)31-23(18)34-14-26(15-34)5-8-37-16-26/h2-4,11-13,27-28H,5-10,14-16H2,1H3,(H,29,30,35)/b17-13+,27-12?. The van der Waals surface area contributed by atoms with E-state index in [4.69, 9.17) is 24.3 Å². The van der Waals surface area contributed by atoms with Crippen LogP contribution >= 0.6 is 0 Å². The predicted octanol–water partition coefficient (Wildman–Crippen LogP) is 2.14. The molecule has 0 radical (unpaired) electrons. The van der Waals surface area contributed by atoms with Crippen molar-refractivity contribution in [3.05, 3.63) is 41.7 Å². The van der Waals surface area contributed by atoms with Crippen LogP contribution in [0.4, 0.5) is 17.7 Å². The van der Waals surface area contributed by atoms with Gasteiger partial charge in [0.1, 0.15) is 11.6 Å². The van der Waals surface area contributed by atoms with Crippen molar-refractivity contribution >= 4 is 46.6 Å². The Morgan fingerprint density at radius 2 is 1.95 bits per heavy atom. The van der Waals surface area contributed by atoms with Crippen LogP contribution in [0.3, 0.4) is 0 Å². The van der Waals surface area contributed by atoms with E-state index >= 15 is 0 Å². The summed E-state index contributed by atoms with van der Waals surface area (Å²) in [6.07, 6.45) is 3.90. The second-order valence-corrected chi connectivity index (χ2v) is 9.83. The molecule has 0 aromatic carbocycles. The lowest BCUT2D eigenvalue weighted by Gasteiger charge is -2.48. The molecule has 3 aliphatic heterocycles. The smallest absolute Gasteiger partial charge is 0.300 e. The van der Waals surface area contributed by atoms with Gasteiger partial charge >= 0.3 is 0 Å². The minimum Gasteiger partial charge on any atom is -0.422 e. The maximum atomic E-state index is 13.6. The van der Waals surface area contributed by atoms with E-state index in [0.29, 0.717) is 72.0 Å². The molecule has 0 saturated carbocycles. The lowest BCUT2D eigenvalue weighted by atomic mass is 9.79. The molecule has 0 aliphatic carbocycles. The van der Waals surface area contributed by atoms with Crippen molar-refractivity contribution in [1.29, 1.82) is 5.41 Å². The SMILES string of the molecule is CN/C=C(\C=N)c1cccc(NC(=O)c2cc3oc(N4CCOCC4)nc3nc2N2CC3(CCOC3)C2)n1. The topological polar surface area (TPSA) is 142 Å². The van der Waals surface area contributed by atoms with Crippen molar-refractivity contribution in [2.75, 3.05) is 74.8 Å². The number of morpholine rings is 1. The highest BCUT2D eigenvalue weighted by molar-refractivity contribution is 6.10. The fourth-order valence-electron chi connectivity index (χ4n) is 5.15. The van der Waals surface area contributed by atoms with Crippen LogP contribution in [-0.4, -0.2) is 86.7 Å². The van der Waals surface area contributed by atoms with Crippen molar-refractivity contribution in [3.63, 3.8) is 0 Å². The molecule has 3 aliphatic rings. The summed E-state index contributed by atoms with van der Waals surface area (Å²) in [6.45, 7) is 5.62. The Hall–Kier alpha value is -4.03. The number of fused-ring (bicyclic) bond motifs is 1. The number of rotatable bonds is 7. The van der Waals surface area contributed by atoms with Gasteiger partial charge in [-0.15, -0.1) is 0 Å². The number of aromatic nitrogens is 3. The van der Waals surface area contributed by atoms with E-state index in [9.17, 15) is 4.79 Å². The summed E-state index contributed by atoms with van der Waals surface area (Å²) in [7, 11) is 1.76. The van der Waals surface area contributed by atoms with Crippen molar-refractivity contribution in [3.8, 4) is 0 Å². The summed E-state index contributed by atoms with van der Waals surface area (Å²) in [5, 5.41) is 13.5. The zero-order valence-corrected chi connectivity index (χ0v) is 21.2. The summed E-state index contributed by atoms with van der Waals surface area (Å²) >= 11 is 0. The van der Waals surface area contributed by atoms with Gasteiger partial charge in [0.15, 0.2) is 5.58 Å². The largest absolute Gasteiger partial charge is 0.422 e. The number of nitrogens with one attached hydrogen (secondary N) is 3. The molecule has 0 bridgehead atoms. The van der Waals surface area contributed by atoms with E-state index in [1.807, 2.05) is 4.90 Å². The van der Waals surface area contributed by atoms with Gasteiger partial charge in [-0.2, -0.15) is 4.98 Å². The summed E-state index contributed by atoms with van der Waals surface area (Å²) in [5.41, 5.74) is 2.58. The second-order valence-electron chi connectivity index (χ2n) is 9.83. The number of oxazole rings is 1. The number of nitrogens with zero attached hydrogens (tertiary/aromatic N) is 5. The molecule has 6 heterocycles. The van der Waals surface area contributed by atoms with Crippen LogP contribution in [0, 0.1) is 10.8 Å². The summed E-state index contributed by atoms with van der Waals surface area (Å²) < 4.78 is 17.1. The molecule has 12 heteroatoms. The Balaban J connectivity index is 1.32. The molecule has 3 aromatic rings. The lowest BCUT2D eigenvalue weighted by molar-refractivity contribution is 0.102. The van der Waals surface area contributed by atoms with Gasteiger partial charge < -0.3 is 39.7 Å². The maximum Gasteiger partial charge on any atom is 0.300 e. The third-order valence-electron chi connectivity index (χ3n) is 7.16. The molecule has 12 nitrogen and oxygen atoms in total. The molecule has 1 amide bonds. The van der Waals surface area contributed by atoms with E-state index in [1.165, 1.54) is 6.21 Å². The van der Waals surface area contributed by atoms with Crippen molar-refractivity contribution in [1.82, 2.24) is 20.3 Å². The molecule has 3 fully saturated rings. The first-order valence-corrected chi connectivity index (χ1v) is 12.7.